The molecule has 0 saturated heterocycles. The van der Waals surface area contributed by atoms with Crippen molar-refractivity contribution in [3.05, 3.63) is 29.8 Å². The zero-order valence-electron chi connectivity index (χ0n) is 9.92. The van der Waals surface area contributed by atoms with Gasteiger partial charge in [-0.1, -0.05) is 12.1 Å². The number of carboxylic acids is 2. The predicted molar refractivity (Wildman–Crippen MR) is 62.7 cm³/mol. The Morgan fingerprint density at radius 1 is 1.33 bits per heavy atom. The van der Waals surface area contributed by atoms with Crippen molar-refractivity contribution in [3.8, 4) is 5.75 Å². The van der Waals surface area contributed by atoms with Crippen LogP contribution < -0.4 is 4.74 Å². The van der Waals surface area contributed by atoms with Crippen molar-refractivity contribution in [2.75, 3.05) is 6.61 Å². The van der Waals surface area contributed by atoms with Gasteiger partial charge in [0.15, 0.2) is 0 Å². The van der Waals surface area contributed by atoms with Crippen LogP contribution in [0.3, 0.4) is 0 Å². The third-order valence-corrected chi connectivity index (χ3v) is 3.32. The van der Waals surface area contributed by atoms with Crippen LogP contribution in [0.1, 0.15) is 18.9 Å². The molecule has 2 atom stereocenters. The molecule has 0 aromatic heterocycles. The largest absolute Gasteiger partial charge is 0.494 e. The monoisotopic (exact) mass is 250 g/mol. The molecule has 2 unspecified atom stereocenters. The molecule has 0 heterocycles. The molecule has 0 aliphatic heterocycles. The Bertz CT molecular complexity index is 479. The fraction of sp³-hybridized carbons (Fsp3) is 0.385. The molecule has 0 radical (unpaired) electrons. The predicted octanol–water partition coefficient (Wildman–Crippen LogP) is 1.51. The van der Waals surface area contributed by atoms with Gasteiger partial charge in [-0.05, 0) is 31.0 Å². The fourth-order valence-electron chi connectivity index (χ4n) is 2.26. The van der Waals surface area contributed by atoms with Crippen LogP contribution in [0.5, 0.6) is 5.75 Å². The molecule has 5 nitrogen and oxygen atoms in total. The van der Waals surface area contributed by atoms with Gasteiger partial charge in [0.2, 0.25) is 0 Å². The highest BCUT2D eigenvalue weighted by molar-refractivity contribution is 5.94. The lowest BCUT2D eigenvalue weighted by molar-refractivity contribution is -0.145. The van der Waals surface area contributed by atoms with Crippen LogP contribution in [0, 0.1) is 5.92 Å². The van der Waals surface area contributed by atoms with Gasteiger partial charge in [0.1, 0.15) is 11.2 Å². The van der Waals surface area contributed by atoms with E-state index in [1.54, 1.807) is 24.3 Å². The maximum Gasteiger partial charge on any atom is 0.315 e. The first-order valence-corrected chi connectivity index (χ1v) is 5.72. The molecular formula is C13H14O5. The Labute approximate surface area is 104 Å². The van der Waals surface area contributed by atoms with E-state index in [1.165, 1.54) is 0 Å². The second-order valence-corrected chi connectivity index (χ2v) is 4.33. The number of benzene rings is 1. The van der Waals surface area contributed by atoms with E-state index < -0.39 is 23.3 Å². The van der Waals surface area contributed by atoms with Crippen molar-refractivity contribution in [1.29, 1.82) is 0 Å². The molecule has 0 amide bonds. The van der Waals surface area contributed by atoms with Crippen molar-refractivity contribution in [3.63, 3.8) is 0 Å². The summed E-state index contributed by atoms with van der Waals surface area (Å²) in [6.45, 7) is 2.38. The van der Waals surface area contributed by atoms with E-state index in [0.29, 0.717) is 17.9 Å². The summed E-state index contributed by atoms with van der Waals surface area (Å²) in [6, 6.07) is 6.59. The van der Waals surface area contributed by atoms with Crippen LogP contribution in [0.25, 0.3) is 0 Å². The molecule has 2 rings (SSSR count). The maximum atomic E-state index is 11.3. The third kappa shape index (κ3) is 1.81. The summed E-state index contributed by atoms with van der Waals surface area (Å²) in [5.41, 5.74) is -0.748. The highest BCUT2D eigenvalue weighted by Crippen LogP contribution is 2.54. The molecule has 0 bridgehead atoms. The lowest BCUT2D eigenvalue weighted by Gasteiger charge is -2.12. The first-order chi connectivity index (χ1) is 8.52. The summed E-state index contributed by atoms with van der Waals surface area (Å²) in [5, 5.41) is 18.2. The molecule has 1 fully saturated rings. The highest BCUT2D eigenvalue weighted by atomic mass is 16.5. The van der Waals surface area contributed by atoms with E-state index in [1.807, 2.05) is 6.92 Å². The maximum absolute atomic E-state index is 11.3. The van der Waals surface area contributed by atoms with Crippen LogP contribution in [0.4, 0.5) is 0 Å². The van der Waals surface area contributed by atoms with Gasteiger partial charge >= 0.3 is 11.9 Å². The smallest absolute Gasteiger partial charge is 0.315 e. The average molecular weight is 250 g/mol. The SMILES string of the molecule is CCOc1ccc(C2(C(=O)O)CC2C(=O)O)cc1. The number of ether oxygens (including phenoxy) is 1. The van der Waals surface area contributed by atoms with Gasteiger partial charge in [0.05, 0.1) is 12.5 Å². The molecule has 0 spiro atoms. The number of rotatable bonds is 5. The van der Waals surface area contributed by atoms with E-state index in [0.717, 1.165) is 0 Å². The third-order valence-electron chi connectivity index (χ3n) is 3.32. The first kappa shape index (κ1) is 12.4. The van der Waals surface area contributed by atoms with Crippen LogP contribution in [-0.2, 0) is 15.0 Å². The Morgan fingerprint density at radius 2 is 1.94 bits per heavy atom. The van der Waals surface area contributed by atoms with E-state index in [2.05, 4.69) is 0 Å². The Morgan fingerprint density at radius 3 is 2.33 bits per heavy atom. The van der Waals surface area contributed by atoms with Gasteiger partial charge in [-0.3, -0.25) is 9.59 Å². The average Bonchev–Trinajstić information content (AvgIpc) is 3.07. The van der Waals surface area contributed by atoms with Gasteiger partial charge in [-0.2, -0.15) is 0 Å². The lowest BCUT2D eigenvalue weighted by Crippen LogP contribution is -2.25. The molecule has 1 aromatic carbocycles. The van der Waals surface area contributed by atoms with Crippen LogP contribution in [-0.4, -0.2) is 28.8 Å². The number of hydrogen-bond donors (Lipinski definition) is 2. The summed E-state index contributed by atoms with van der Waals surface area (Å²) >= 11 is 0. The number of aliphatic carboxylic acids is 2. The minimum atomic E-state index is -1.27. The van der Waals surface area contributed by atoms with Crippen LogP contribution >= 0.6 is 0 Å². The van der Waals surface area contributed by atoms with Crippen LogP contribution in [0.15, 0.2) is 24.3 Å². The molecular weight excluding hydrogens is 236 g/mol. The number of hydrogen-bond acceptors (Lipinski definition) is 3. The summed E-state index contributed by atoms with van der Waals surface area (Å²) in [6.07, 6.45) is 0.144. The molecule has 18 heavy (non-hydrogen) atoms. The number of carbonyl (C=O) groups is 2. The van der Waals surface area contributed by atoms with Crippen molar-refractivity contribution in [1.82, 2.24) is 0 Å². The van der Waals surface area contributed by atoms with Crippen molar-refractivity contribution in [2.45, 2.75) is 18.8 Å². The van der Waals surface area contributed by atoms with Gasteiger partial charge < -0.3 is 14.9 Å². The van der Waals surface area contributed by atoms with Gasteiger partial charge in [-0.25, -0.2) is 0 Å². The molecule has 1 aromatic rings. The summed E-state index contributed by atoms with van der Waals surface area (Å²) in [7, 11) is 0. The Hall–Kier alpha value is -2.04. The normalized spacial score (nSPS) is 25.5. The van der Waals surface area contributed by atoms with Crippen molar-refractivity contribution >= 4 is 11.9 Å². The lowest BCUT2D eigenvalue weighted by atomic mass is 9.93. The summed E-state index contributed by atoms with van der Waals surface area (Å²) in [4.78, 5) is 22.3. The minimum absolute atomic E-state index is 0.144. The zero-order valence-corrected chi connectivity index (χ0v) is 9.92. The zero-order chi connectivity index (χ0) is 13.3. The first-order valence-electron chi connectivity index (χ1n) is 5.72. The molecule has 1 aliphatic rings. The van der Waals surface area contributed by atoms with E-state index in [4.69, 9.17) is 9.84 Å². The fourth-order valence-corrected chi connectivity index (χ4v) is 2.26. The molecule has 1 saturated carbocycles. The van der Waals surface area contributed by atoms with Gasteiger partial charge in [-0.15, -0.1) is 0 Å². The highest BCUT2D eigenvalue weighted by Gasteiger charge is 2.65. The Balaban J connectivity index is 2.29. The number of carboxylic acid groups (broad SMARTS) is 2. The van der Waals surface area contributed by atoms with E-state index >= 15 is 0 Å². The standard InChI is InChI=1S/C13H14O5/c1-2-18-9-5-3-8(4-6-9)13(12(16)17)7-10(13)11(14)15/h3-6,10H,2,7H2,1H3,(H,14,15)(H,16,17). The van der Waals surface area contributed by atoms with E-state index in [9.17, 15) is 14.7 Å². The minimum Gasteiger partial charge on any atom is -0.494 e. The van der Waals surface area contributed by atoms with Crippen molar-refractivity contribution < 1.29 is 24.5 Å². The van der Waals surface area contributed by atoms with Gasteiger partial charge in [0.25, 0.3) is 0 Å². The second kappa shape index (κ2) is 4.33. The van der Waals surface area contributed by atoms with Gasteiger partial charge in [0, 0.05) is 0 Å². The molecule has 5 heteroatoms. The molecule has 96 valence electrons. The molecule has 2 N–H and O–H groups in total. The topological polar surface area (TPSA) is 83.8 Å². The quantitative estimate of drug-likeness (QED) is 0.827. The molecule has 1 aliphatic carbocycles. The summed E-state index contributed by atoms with van der Waals surface area (Å²) in [5.74, 6) is -2.34. The van der Waals surface area contributed by atoms with Crippen LogP contribution in [0.2, 0.25) is 0 Å². The second-order valence-electron chi connectivity index (χ2n) is 4.33. The Kier molecular flexibility index (Phi) is 2.98. The summed E-state index contributed by atoms with van der Waals surface area (Å²) < 4.78 is 5.26. The van der Waals surface area contributed by atoms with E-state index in [-0.39, 0.29) is 6.42 Å². The van der Waals surface area contributed by atoms with Crippen molar-refractivity contribution in [2.24, 2.45) is 5.92 Å².